The van der Waals surface area contributed by atoms with Gasteiger partial charge in [0, 0.05) is 25.0 Å². The number of aliphatic carboxylic acids is 1. The number of hydrogen-bond donors (Lipinski definition) is 1. The van der Waals surface area contributed by atoms with Crippen LogP contribution in [0.4, 0.5) is 0 Å². The second-order valence-corrected chi connectivity index (χ2v) is 4.79. The molecule has 0 radical (unpaired) electrons. The Morgan fingerprint density at radius 1 is 1.53 bits per heavy atom. The number of hydrogen-bond acceptors (Lipinski definition) is 3. The van der Waals surface area contributed by atoms with Crippen molar-refractivity contribution in [1.29, 1.82) is 0 Å². The number of pyridine rings is 1. The number of carbonyl (C=O) groups excluding carboxylic acids is 1. The maximum absolute atomic E-state index is 12.1. The van der Waals surface area contributed by atoms with Crippen molar-refractivity contribution in [2.45, 2.75) is 25.3 Å². The molecule has 1 fully saturated rings. The Bertz CT molecular complexity index is 513. The van der Waals surface area contributed by atoms with Crippen molar-refractivity contribution >= 4 is 18.0 Å². The molecule has 19 heavy (non-hydrogen) atoms. The largest absolute Gasteiger partial charge is 0.480 e. The summed E-state index contributed by atoms with van der Waals surface area (Å²) in [6.45, 7) is 2.08. The average Bonchev–Trinajstić information content (AvgIpc) is 2.81. The van der Waals surface area contributed by atoms with E-state index in [1.807, 2.05) is 6.07 Å². The minimum absolute atomic E-state index is 0.272. The Balaban J connectivity index is 2.12. The first-order valence-electron chi connectivity index (χ1n) is 6.17. The highest BCUT2D eigenvalue weighted by Gasteiger charge is 2.45. The summed E-state index contributed by atoms with van der Waals surface area (Å²) in [5.41, 5.74) is -0.275. The monoisotopic (exact) mass is 260 g/mol. The van der Waals surface area contributed by atoms with Crippen LogP contribution in [0.3, 0.4) is 0 Å². The van der Waals surface area contributed by atoms with Crippen molar-refractivity contribution in [1.82, 2.24) is 9.88 Å². The van der Waals surface area contributed by atoms with Gasteiger partial charge in [0.15, 0.2) is 0 Å². The quantitative estimate of drug-likeness (QED) is 0.837. The van der Waals surface area contributed by atoms with Gasteiger partial charge in [-0.15, -0.1) is 0 Å². The molecular weight excluding hydrogens is 244 g/mol. The Labute approximate surface area is 111 Å². The zero-order valence-corrected chi connectivity index (χ0v) is 10.7. The molecule has 0 bridgehead atoms. The van der Waals surface area contributed by atoms with Gasteiger partial charge in [-0.1, -0.05) is 6.07 Å². The Morgan fingerprint density at radius 2 is 2.32 bits per heavy atom. The van der Waals surface area contributed by atoms with Crippen LogP contribution < -0.4 is 0 Å². The molecule has 5 nitrogen and oxygen atoms in total. The molecule has 1 saturated heterocycles. The van der Waals surface area contributed by atoms with Gasteiger partial charge in [0.1, 0.15) is 5.54 Å². The second-order valence-electron chi connectivity index (χ2n) is 4.79. The highest BCUT2D eigenvalue weighted by atomic mass is 16.4. The summed E-state index contributed by atoms with van der Waals surface area (Å²) in [5, 5.41) is 9.25. The average molecular weight is 260 g/mol. The van der Waals surface area contributed by atoms with Gasteiger partial charge in [-0.05, 0) is 37.5 Å². The third-order valence-electron chi connectivity index (χ3n) is 3.47. The van der Waals surface area contributed by atoms with E-state index in [9.17, 15) is 14.7 Å². The van der Waals surface area contributed by atoms with E-state index >= 15 is 0 Å². The number of carbonyl (C=O) groups is 2. The fourth-order valence-electron chi connectivity index (χ4n) is 2.27. The van der Waals surface area contributed by atoms with Crippen LogP contribution in [0.2, 0.25) is 0 Å². The highest BCUT2D eigenvalue weighted by Crippen LogP contribution is 2.29. The van der Waals surface area contributed by atoms with Crippen LogP contribution in [0.15, 0.2) is 30.6 Å². The first-order chi connectivity index (χ1) is 9.04. The Hall–Kier alpha value is -2.17. The van der Waals surface area contributed by atoms with E-state index < -0.39 is 11.5 Å². The molecule has 1 N–H and O–H groups in total. The molecule has 100 valence electrons. The molecule has 0 saturated carbocycles. The molecule has 1 aromatic rings. The summed E-state index contributed by atoms with van der Waals surface area (Å²) in [4.78, 5) is 28.7. The predicted molar refractivity (Wildman–Crippen MR) is 70.3 cm³/mol. The fraction of sp³-hybridized carbons (Fsp3) is 0.357. The number of nitrogens with zero attached hydrogens (tertiary/aromatic N) is 2. The van der Waals surface area contributed by atoms with Gasteiger partial charge in [-0.25, -0.2) is 4.79 Å². The van der Waals surface area contributed by atoms with Gasteiger partial charge in [0.25, 0.3) is 0 Å². The van der Waals surface area contributed by atoms with E-state index in [0.29, 0.717) is 13.0 Å². The zero-order chi connectivity index (χ0) is 13.9. The van der Waals surface area contributed by atoms with Gasteiger partial charge in [0.05, 0.1) is 0 Å². The van der Waals surface area contributed by atoms with Crippen molar-refractivity contribution in [3.8, 4) is 0 Å². The molecule has 2 heterocycles. The first kappa shape index (κ1) is 13.3. The Kier molecular flexibility index (Phi) is 3.64. The SMILES string of the molecule is CC1(C(=O)O)CCCN1C(=O)C=Cc1cccnc1. The summed E-state index contributed by atoms with van der Waals surface area (Å²) in [6, 6.07) is 3.61. The first-order valence-corrected chi connectivity index (χ1v) is 6.17. The molecule has 0 spiro atoms. The lowest BCUT2D eigenvalue weighted by Gasteiger charge is -2.30. The summed E-state index contributed by atoms with van der Waals surface area (Å²) in [7, 11) is 0. The van der Waals surface area contributed by atoms with E-state index in [0.717, 1.165) is 12.0 Å². The van der Waals surface area contributed by atoms with E-state index in [1.54, 1.807) is 31.5 Å². The second kappa shape index (κ2) is 5.22. The lowest BCUT2D eigenvalue weighted by molar-refractivity contribution is -0.153. The van der Waals surface area contributed by atoms with Crippen LogP contribution >= 0.6 is 0 Å². The van der Waals surface area contributed by atoms with Crippen LogP contribution in [0.1, 0.15) is 25.3 Å². The van der Waals surface area contributed by atoms with Crippen LogP contribution in [0, 0.1) is 0 Å². The van der Waals surface area contributed by atoms with Crippen molar-refractivity contribution < 1.29 is 14.7 Å². The number of likely N-dealkylation sites (tertiary alicyclic amines) is 1. The van der Waals surface area contributed by atoms with Crippen molar-refractivity contribution in [2.75, 3.05) is 6.54 Å². The summed E-state index contributed by atoms with van der Waals surface area (Å²) in [6.07, 6.45) is 7.56. The zero-order valence-electron chi connectivity index (χ0n) is 10.7. The van der Waals surface area contributed by atoms with E-state index in [1.165, 1.54) is 11.0 Å². The van der Waals surface area contributed by atoms with Gasteiger partial charge in [-0.2, -0.15) is 0 Å². The molecule has 0 aliphatic carbocycles. The third-order valence-corrected chi connectivity index (χ3v) is 3.47. The van der Waals surface area contributed by atoms with E-state index in [2.05, 4.69) is 4.98 Å². The van der Waals surface area contributed by atoms with Crippen LogP contribution in [-0.2, 0) is 9.59 Å². The standard InChI is InChI=1S/C14H16N2O3/c1-14(13(18)19)7-3-9-16(14)12(17)6-5-11-4-2-8-15-10-11/h2,4-6,8,10H,3,7,9H2,1H3,(H,18,19). The maximum atomic E-state index is 12.1. The van der Waals surface area contributed by atoms with Gasteiger partial charge < -0.3 is 10.0 Å². The third kappa shape index (κ3) is 2.65. The van der Waals surface area contributed by atoms with Crippen LogP contribution in [0.25, 0.3) is 6.08 Å². The molecule has 1 unspecified atom stereocenters. The van der Waals surface area contributed by atoms with E-state index in [-0.39, 0.29) is 5.91 Å². The minimum Gasteiger partial charge on any atom is -0.480 e. The summed E-state index contributed by atoms with van der Waals surface area (Å²) >= 11 is 0. The number of rotatable bonds is 3. The molecule has 1 aliphatic heterocycles. The topological polar surface area (TPSA) is 70.5 Å². The number of carboxylic acids is 1. The number of aromatic nitrogens is 1. The lowest BCUT2D eigenvalue weighted by Crippen LogP contribution is -2.50. The highest BCUT2D eigenvalue weighted by molar-refractivity contribution is 5.96. The molecule has 1 aromatic heterocycles. The predicted octanol–water partition coefficient (Wildman–Crippen LogP) is 1.56. The van der Waals surface area contributed by atoms with Gasteiger partial charge in [-0.3, -0.25) is 9.78 Å². The molecule has 1 amide bonds. The van der Waals surface area contributed by atoms with Gasteiger partial charge in [0.2, 0.25) is 5.91 Å². The lowest BCUT2D eigenvalue weighted by atomic mass is 9.99. The Morgan fingerprint density at radius 3 is 2.95 bits per heavy atom. The van der Waals surface area contributed by atoms with Gasteiger partial charge >= 0.3 is 5.97 Å². The van der Waals surface area contributed by atoms with Crippen LogP contribution in [0.5, 0.6) is 0 Å². The maximum Gasteiger partial charge on any atom is 0.329 e. The number of carboxylic acid groups (broad SMARTS) is 1. The molecule has 5 heteroatoms. The molecule has 1 aliphatic rings. The summed E-state index contributed by atoms with van der Waals surface area (Å²) < 4.78 is 0. The molecule has 2 rings (SSSR count). The van der Waals surface area contributed by atoms with E-state index in [4.69, 9.17) is 0 Å². The molecule has 1 atom stereocenters. The molecule has 0 aromatic carbocycles. The van der Waals surface area contributed by atoms with Crippen molar-refractivity contribution in [3.63, 3.8) is 0 Å². The number of amides is 1. The normalized spacial score (nSPS) is 22.9. The smallest absolute Gasteiger partial charge is 0.329 e. The minimum atomic E-state index is -1.09. The fourth-order valence-corrected chi connectivity index (χ4v) is 2.27. The summed E-state index contributed by atoms with van der Waals surface area (Å²) in [5.74, 6) is -1.22. The van der Waals surface area contributed by atoms with Crippen molar-refractivity contribution in [2.24, 2.45) is 0 Å². The van der Waals surface area contributed by atoms with Crippen LogP contribution in [-0.4, -0.2) is 39.0 Å². The molecular formula is C14H16N2O3. The van der Waals surface area contributed by atoms with Crippen molar-refractivity contribution in [3.05, 3.63) is 36.2 Å².